The third kappa shape index (κ3) is 4.33. The topological polar surface area (TPSA) is 67.1 Å². The molecule has 0 N–H and O–H groups in total. The molecule has 6 nitrogen and oxygen atoms in total. The molecular formula is C24H24O6. The van der Waals surface area contributed by atoms with Gasteiger partial charge in [0.2, 0.25) is 0 Å². The molecule has 30 heavy (non-hydrogen) atoms. The van der Waals surface area contributed by atoms with Crippen molar-refractivity contribution in [3.8, 4) is 34.3 Å². The van der Waals surface area contributed by atoms with Crippen LogP contribution in [-0.4, -0.2) is 34.2 Å². The maximum atomic E-state index is 12.8. The van der Waals surface area contributed by atoms with Crippen molar-refractivity contribution in [1.29, 1.82) is 0 Å². The average molecular weight is 408 g/mol. The van der Waals surface area contributed by atoms with Gasteiger partial charge in [0.1, 0.15) is 34.5 Å². The first-order chi connectivity index (χ1) is 14.5. The Morgan fingerprint density at radius 2 is 1.43 bits per heavy atom. The molecule has 0 aliphatic heterocycles. The number of furan rings is 1. The molecule has 0 saturated carbocycles. The molecule has 1 heterocycles. The first kappa shape index (κ1) is 21.0. The summed E-state index contributed by atoms with van der Waals surface area (Å²) in [4.78, 5) is 12.8. The summed E-state index contributed by atoms with van der Waals surface area (Å²) in [5, 5.41) is 0. The number of ether oxygens (including phenoxy) is 4. The Hall–Kier alpha value is -3.67. The quantitative estimate of drug-likeness (QED) is 0.374. The van der Waals surface area contributed by atoms with E-state index < -0.39 is 0 Å². The van der Waals surface area contributed by atoms with Gasteiger partial charge in [-0.25, -0.2) is 0 Å². The summed E-state index contributed by atoms with van der Waals surface area (Å²) in [6.07, 6.45) is 1.52. The minimum Gasteiger partial charge on any atom is -0.497 e. The Bertz CT molecular complexity index is 1080. The maximum absolute atomic E-state index is 12.8. The Morgan fingerprint density at radius 1 is 0.800 bits per heavy atom. The van der Waals surface area contributed by atoms with Gasteiger partial charge in [0.05, 0.1) is 39.6 Å². The van der Waals surface area contributed by atoms with Gasteiger partial charge in [-0.05, 0) is 67.1 Å². The van der Waals surface area contributed by atoms with Gasteiger partial charge in [0.15, 0.2) is 5.78 Å². The Labute approximate surface area is 175 Å². The largest absolute Gasteiger partial charge is 0.497 e. The van der Waals surface area contributed by atoms with Crippen LogP contribution in [0.1, 0.15) is 23.0 Å². The van der Waals surface area contributed by atoms with Crippen LogP contribution in [-0.2, 0) is 0 Å². The molecule has 156 valence electrons. The van der Waals surface area contributed by atoms with Crippen molar-refractivity contribution in [2.24, 2.45) is 0 Å². The van der Waals surface area contributed by atoms with Crippen LogP contribution in [0.4, 0.5) is 0 Å². The number of carbonyl (C=O) groups is 1. The minimum atomic E-state index is -0.208. The van der Waals surface area contributed by atoms with E-state index in [0.717, 1.165) is 5.56 Å². The van der Waals surface area contributed by atoms with E-state index in [4.69, 9.17) is 23.4 Å². The summed E-state index contributed by atoms with van der Waals surface area (Å²) >= 11 is 0. The van der Waals surface area contributed by atoms with Crippen molar-refractivity contribution in [3.05, 3.63) is 65.9 Å². The first-order valence-corrected chi connectivity index (χ1v) is 9.28. The number of carbonyl (C=O) groups excluding carboxylic acids is 1. The Morgan fingerprint density at radius 3 is 2.07 bits per heavy atom. The second-order valence-electron chi connectivity index (χ2n) is 6.49. The summed E-state index contributed by atoms with van der Waals surface area (Å²) in [6.45, 7) is 1.82. The van der Waals surface area contributed by atoms with Gasteiger partial charge in [0, 0.05) is 0 Å². The number of hydrogen-bond acceptors (Lipinski definition) is 6. The maximum Gasteiger partial charge on any atom is 0.190 e. The molecule has 3 aromatic rings. The number of ketones is 1. The zero-order valence-electron chi connectivity index (χ0n) is 17.6. The summed E-state index contributed by atoms with van der Waals surface area (Å²) in [7, 11) is 6.27. The molecule has 0 aliphatic rings. The summed E-state index contributed by atoms with van der Waals surface area (Å²) in [6, 6.07) is 14.2. The molecular weight excluding hydrogens is 384 g/mol. The van der Waals surface area contributed by atoms with E-state index in [9.17, 15) is 4.79 Å². The lowest BCUT2D eigenvalue weighted by molar-refractivity contribution is 0.104. The van der Waals surface area contributed by atoms with E-state index in [2.05, 4.69) is 0 Å². The highest BCUT2D eigenvalue weighted by molar-refractivity contribution is 6.10. The fourth-order valence-electron chi connectivity index (χ4n) is 3.05. The van der Waals surface area contributed by atoms with Crippen molar-refractivity contribution in [2.45, 2.75) is 6.92 Å². The van der Waals surface area contributed by atoms with E-state index in [1.807, 2.05) is 37.3 Å². The second kappa shape index (κ2) is 9.22. The first-order valence-electron chi connectivity index (χ1n) is 9.28. The average Bonchev–Trinajstić information content (AvgIpc) is 3.28. The highest BCUT2D eigenvalue weighted by atomic mass is 16.5. The fourth-order valence-corrected chi connectivity index (χ4v) is 3.05. The monoisotopic (exact) mass is 408 g/mol. The van der Waals surface area contributed by atoms with Crippen molar-refractivity contribution in [3.63, 3.8) is 0 Å². The van der Waals surface area contributed by atoms with Crippen LogP contribution in [0.3, 0.4) is 0 Å². The second-order valence-corrected chi connectivity index (χ2v) is 6.49. The van der Waals surface area contributed by atoms with E-state index >= 15 is 0 Å². The predicted molar refractivity (Wildman–Crippen MR) is 115 cm³/mol. The van der Waals surface area contributed by atoms with Crippen molar-refractivity contribution in [2.75, 3.05) is 28.4 Å². The van der Waals surface area contributed by atoms with Crippen LogP contribution < -0.4 is 18.9 Å². The zero-order valence-corrected chi connectivity index (χ0v) is 17.6. The van der Waals surface area contributed by atoms with E-state index in [0.29, 0.717) is 45.7 Å². The molecule has 0 spiro atoms. The molecule has 0 amide bonds. The van der Waals surface area contributed by atoms with Gasteiger partial charge in [0.25, 0.3) is 0 Å². The minimum absolute atomic E-state index is 0.208. The van der Waals surface area contributed by atoms with Crippen LogP contribution >= 0.6 is 0 Å². The standard InChI is InChI=1S/C24H24O6/c1-15(12-20(25)18-13-16(26-2)6-8-22(18)28-4)21-10-11-24(30-21)19-14-17(27-3)7-9-23(19)29-5/h6-14H,1-5H3/b15-12+. The fraction of sp³-hybridized carbons (Fsp3) is 0.208. The van der Waals surface area contributed by atoms with Gasteiger partial charge < -0.3 is 23.4 Å². The van der Waals surface area contributed by atoms with Crippen molar-refractivity contribution < 1.29 is 28.2 Å². The molecule has 0 bridgehead atoms. The highest BCUT2D eigenvalue weighted by Gasteiger charge is 2.15. The lowest BCUT2D eigenvalue weighted by Crippen LogP contribution is -2.00. The molecule has 0 fully saturated rings. The van der Waals surface area contributed by atoms with E-state index in [1.54, 1.807) is 39.5 Å². The lowest BCUT2D eigenvalue weighted by atomic mass is 10.1. The molecule has 1 aromatic heterocycles. The SMILES string of the molecule is COc1ccc(OC)c(C(=O)/C=C(\C)c2ccc(-c3cc(OC)ccc3OC)o2)c1. The van der Waals surface area contributed by atoms with Gasteiger partial charge in [-0.2, -0.15) is 0 Å². The molecule has 0 saturated heterocycles. The van der Waals surface area contributed by atoms with Gasteiger partial charge in [-0.15, -0.1) is 0 Å². The smallest absolute Gasteiger partial charge is 0.190 e. The number of allylic oxidation sites excluding steroid dienone is 2. The molecule has 2 aromatic carbocycles. The number of hydrogen-bond donors (Lipinski definition) is 0. The van der Waals surface area contributed by atoms with Crippen molar-refractivity contribution >= 4 is 11.4 Å². The molecule has 0 aliphatic carbocycles. The molecule has 6 heteroatoms. The highest BCUT2D eigenvalue weighted by Crippen LogP contribution is 2.35. The van der Waals surface area contributed by atoms with Crippen LogP contribution in [0, 0.1) is 0 Å². The van der Waals surface area contributed by atoms with Crippen LogP contribution in [0.25, 0.3) is 16.9 Å². The molecule has 0 atom stereocenters. The van der Waals surface area contributed by atoms with Gasteiger partial charge in [-0.3, -0.25) is 4.79 Å². The zero-order chi connectivity index (χ0) is 21.7. The summed E-state index contributed by atoms with van der Waals surface area (Å²) in [5.74, 6) is 3.39. The third-order valence-electron chi connectivity index (χ3n) is 4.69. The number of methoxy groups -OCH3 is 4. The molecule has 3 rings (SSSR count). The lowest BCUT2D eigenvalue weighted by Gasteiger charge is -2.09. The molecule has 0 radical (unpaired) electrons. The van der Waals surface area contributed by atoms with Gasteiger partial charge in [-0.1, -0.05) is 0 Å². The van der Waals surface area contributed by atoms with Crippen LogP contribution in [0.5, 0.6) is 23.0 Å². The van der Waals surface area contributed by atoms with Crippen molar-refractivity contribution in [1.82, 2.24) is 0 Å². The van der Waals surface area contributed by atoms with Gasteiger partial charge >= 0.3 is 0 Å². The van der Waals surface area contributed by atoms with Crippen LogP contribution in [0.2, 0.25) is 0 Å². The third-order valence-corrected chi connectivity index (χ3v) is 4.69. The number of rotatable bonds is 8. The Kier molecular flexibility index (Phi) is 6.47. The van der Waals surface area contributed by atoms with E-state index in [-0.39, 0.29) is 5.78 Å². The molecule has 0 unspecified atom stereocenters. The predicted octanol–water partition coefficient (Wildman–Crippen LogP) is 5.27. The number of benzene rings is 2. The summed E-state index contributed by atoms with van der Waals surface area (Å²) < 4.78 is 27.3. The summed E-state index contributed by atoms with van der Waals surface area (Å²) in [5.41, 5.74) is 1.85. The Balaban J connectivity index is 1.93. The normalized spacial score (nSPS) is 11.2. The van der Waals surface area contributed by atoms with E-state index in [1.165, 1.54) is 13.2 Å². The van der Waals surface area contributed by atoms with Crippen LogP contribution in [0.15, 0.2) is 59.0 Å².